The Morgan fingerprint density at radius 2 is 1.52 bits per heavy atom. The molecule has 2 aromatic rings. The van der Waals surface area contributed by atoms with Gasteiger partial charge in [-0.1, -0.05) is 0 Å². The first-order valence-electron chi connectivity index (χ1n) is 6.23. The van der Waals surface area contributed by atoms with E-state index in [0.717, 1.165) is 5.75 Å². The van der Waals surface area contributed by atoms with E-state index < -0.39 is 5.97 Å². The van der Waals surface area contributed by atoms with Crippen molar-refractivity contribution < 1.29 is 14.6 Å². The van der Waals surface area contributed by atoms with Gasteiger partial charge in [-0.3, -0.25) is 0 Å². The number of ether oxygens (including phenoxy) is 1. The van der Waals surface area contributed by atoms with Gasteiger partial charge in [-0.05, 0) is 48.5 Å². The number of carbonyl (C=O) groups is 1. The number of benzene rings is 2. The molecule has 0 radical (unpaired) electrons. The second-order valence-corrected chi connectivity index (χ2v) is 4.46. The van der Waals surface area contributed by atoms with Gasteiger partial charge in [0.15, 0.2) is 0 Å². The highest BCUT2D eigenvalue weighted by Gasteiger charge is 2.01. The van der Waals surface area contributed by atoms with Crippen molar-refractivity contribution in [2.45, 2.75) is 0 Å². The number of hydrogen-bond donors (Lipinski definition) is 1. The Balaban J connectivity index is 2.01. The molecule has 0 heterocycles. The number of azo groups is 1. The number of carboxylic acid groups (broad SMARTS) is 1. The molecule has 2 aromatic carbocycles. The maximum atomic E-state index is 10.7. The lowest BCUT2D eigenvalue weighted by Gasteiger charge is -2.02. The second kappa shape index (κ2) is 7.40. The molecule has 0 unspecified atom stereocenters. The van der Waals surface area contributed by atoms with Crippen LogP contribution >= 0.6 is 11.6 Å². The van der Waals surface area contributed by atoms with Crippen molar-refractivity contribution in [2.75, 3.05) is 12.5 Å². The highest BCUT2D eigenvalue weighted by atomic mass is 35.5. The van der Waals surface area contributed by atoms with Crippen LogP contribution < -0.4 is 4.74 Å². The van der Waals surface area contributed by atoms with E-state index >= 15 is 0 Å². The maximum absolute atomic E-state index is 10.7. The van der Waals surface area contributed by atoms with E-state index in [1.54, 1.807) is 36.4 Å². The molecule has 1 N–H and O–H groups in total. The Kier molecular flexibility index (Phi) is 5.29. The zero-order chi connectivity index (χ0) is 15.1. The second-order valence-electron chi connectivity index (χ2n) is 4.08. The maximum Gasteiger partial charge on any atom is 0.335 e. The van der Waals surface area contributed by atoms with Crippen molar-refractivity contribution in [1.29, 1.82) is 0 Å². The molecule has 6 heteroatoms. The first-order valence-corrected chi connectivity index (χ1v) is 6.76. The topological polar surface area (TPSA) is 71.2 Å². The monoisotopic (exact) mass is 304 g/mol. The fourth-order valence-corrected chi connectivity index (χ4v) is 1.63. The summed E-state index contributed by atoms with van der Waals surface area (Å²) in [6.07, 6.45) is 0. The molecule has 0 saturated carbocycles. The summed E-state index contributed by atoms with van der Waals surface area (Å²) in [5, 5.41) is 16.9. The van der Waals surface area contributed by atoms with Gasteiger partial charge in [0.2, 0.25) is 0 Å². The van der Waals surface area contributed by atoms with E-state index in [9.17, 15) is 4.79 Å². The average Bonchev–Trinajstić information content (AvgIpc) is 2.52. The van der Waals surface area contributed by atoms with Crippen molar-refractivity contribution in [1.82, 2.24) is 0 Å². The fraction of sp³-hybridized carbons (Fsp3) is 0.133. The quantitative estimate of drug-likeness (QED) is 0.634. The predicted octanol–water partition coefficient (Wildman–Crippen LogP) is 4.42. The van der Waals surface area contributed by atoms with Crippen molar-refractivity contribution in [2.24, 2.45) is 10.2 Å². The van der Waals surface area contributed by atoms with Crippen LogP contribution in [-0.4, -0.2) is 23.6 Å². The first-order chi connectivity index (χ1) is 10.2. The third-order valence-corrected chi connectivity index (χ3v) is 2.73. The van der Waals surface area contributed by atoms with Crippen LogP contribution in [0.5, 0.6) is 5.75 Å². The molecule has 0 aliphatic rings. The molecular weight excluding hydrogens is 292 g/mol. The minimum atomic E-state index is -0.967. The van der Waals surface area contributed by atoms with E-state index in [1.807, 2.05) is 0 Å². The molecule has 5 nitrogen and oxygen atoms in total. The average molecular weight is 305 g/mol. The van der Waals surface area contributed by atoms with Crippen molar-refractivity contribution in [3.63, 3.8) is 0 Å². The van der Waals surface area contributed by atoms with Crippen LogP contribution in [0, 0.1) is 0 Å². The number of alkyl halides is 1. The van der Waals surface area contributed by atoms with Gasteiger partial charge in [0.05, 0.1) is 22.8 Å². The molecule has 0 saturated heterocycles. The van der Waals surface area contributed by atoms with E-state index in [2.05, 4.69) is 10.2 Å². The van der Waals surface area contributed by atoms with Gasteiger partial charge < -0.3 is 9.84 Å². The summed E-state index contributed by atoms with van der Waals surface area (Å²) in [4.78, 5) is 10.7. The Labute approximate surface area is 126 Å². The first kappa shape index (κ1) is 15.0. The highest BCUT2D eigenvalue weighted by Crippen LogP contribution is 2.21. The normalized spacial score (nSPS) is 10.7. The van der Waals surface area contributed by atoms with Crippen LogP contribution in [0.25, 0.3) is 0 Å². The van der Waals surface area contributed by atoms with Crippen LogP contribution in [-0.2, 0) is 0 Å². The summed E-state index contributed by atoms with van der Waals surface area (Å²) in [5.41, 5.74) is 1.48. The van der Waals surface area contributed by atoms with Crippen molar-refractivity contribution >= 4 is 28.9 Å². The number of halogens is 1. The highest BCUT2D eigenvalue weighted by molar-refractivity contribution is 6.18. The molecule has 0 aromatic heterocycles. The molecule has 0 atom stereocenters. The van der Waals surface area contributed by atoms with Gasteiger partial charge in [-0.15, -0.1) is 11.6 Å². The molecule has 21 heavy (non-hydrogen) atoms. The third kappa shape index (κ3) is 4.57. The van der Waals surface area contributed by atoms with Crippen LogP contribution in [0.2, 0.25) is 0 Å². The predicted molar refractivity (Wildman–Crippen MR) is 80.2 cm³/mol. The Morgan fingerprint density at radius 1 is 1.00 bits per heavy atom. The minimum Gasteiger partial charge on any atom is -0.492 e. The van der Waals surface area contributed by atoms with Gasteiger partial charge >= 0.3 is 5.97 Å². The van der Waals surface area contributed by atoms with Crippen LogP contribution in [0.1, 0.15) is 10.4 Å². The lowest BCUT2D eigenvalue weighted by atomic mass is 10.2. The van der Waals surface area contributed by atoms with Crippen LogP contribution in [0.15, 0.2) is 58.8 Å². The fourth-order valence-electron chi connectivity index (χ4n) is 1.55. The Morgan fingerprint density at radius 3 is 2.00 bits per heavy atom. The lowest BCUT2D eigenvalue weighted by molar-refractivity contribution is 0.0697. The summed E-state index contributed by atoms with van der Waals surface area (Å²) in [5.74, 6) is 0.194. The molecular formula is C15H13ClN2O3. The van der Waals surface area contributed by atoms with Crippen molar-refractivity contribution in [3.05, 3.63) is 54.1 Å². The smallest absolute Gasteiger partial charge is 0.335 e. The van der Waals surface area contributed by atoms with Gasteiger partial charge in [0.1, 0.15) is 12.4 Å². The molecule has 0 amide bonds. The SMILES string of the molecule is O=C(O)c1ccc(N=Nc2ccc(OCCCl)cc2)cc1. The minimum absolute atomic E-state index is 0.217. The molecule has 0 bridgehead atoms. The molecule has 0 fully saturated rings. The lowest BCUT2D eigenvalue weighted by Crippen LogP contribution is -1.97. The van der Waals surface area contributed by atoms with Crippen LogP contribution in [0.4, 0.5) is 11.4 Å². The summed E-state index contributed by atoms with van der Waals surface area (Å²) in [6, 6.07) is 13.3. The third-order valence-electron chi connectivity index (χ3n) is 2.58. The summed E-state index contributed by atoms with van der Waals surface area (Å²) in [6.45, 7) is 0.457. The molecule has 0 aliphatic carbocycles. The number of nitrogens with zero attached hydrogens (tertiary/aromatic N) is 2. The standard InChI is InChI=1S/C15H13ClN2O3/c16-9-10-21-14-7-5-13(6-8-14)18-17-12-3-1-11(2-4-12)15(19)20/h1-8H,9-10H2,(H,19,20). The van der Waals surface area contributed by atoms with Gasteiger partial charge in [0, 0.05) is 0 Å². The van der Waals surface area contributed by atoms with Crippen LogP contribution in [0.3, 0.4) is 0 Å². The van der Waals surface area contributed by atoms with E-state index in [-0.39, 0.29) is 5.56 Å². The molecule has 0 spiro atoms. The van der Waals surface area contributed by atoms with Gasteiger partial charge in [-0.2, -0.15) is 10.2 Å². The number of hydrogen-bond acceptors (Lipinski definition) is 4. The number of carboxylic acids is 1. The van der Waals surface area contributed by atoms with E-state index in [4.69, 9.17) is 21.4 Å². The Hall–Kier alpha value is -2.40. The van der Waals surface area contributed by atoms with E-state index in [0.29, 0.717) is 23.9 Å². The zero-order valence-electron chi connectivity index (χ0n) is 11.1. The van der Waals surface area contributed by atoms with Crippen molar-refractivity contribution in [3.8, 4) is 5.75 Å². The summed E-state index contributed by atoms with van der Waals surface area (Å²) < 4.78 is 5.35. The summed E-state index contributed by atoms with van der Waals surface area (Å²) >= 11 is 5.54. The van der Waals surface area contributed by atoms with Gasteiger partial charge in [-0.25, -0.2) is 4.79 Å². The van der Waals surface area contributed by atoms with E-state index in [1.165, 1.54) is 12.1 Å². The largest absolute Gasteiger partial charge is 0.492 e. The Bertz CT molecular complexity index is 624. The molecule has 2 rings (SSSR count). The number of aromatic carboxylic acids is 1. The molecule has 108 valence electrons. The number of rotatable bonds is 6. The summed E-state index contributed by atoms with van der Waals surface area (Å²) in [7, 11) is 0. The molecule has 0 aliphatic heterocycles. The zero-order valence-corrected chi connectivity index (χ0v) is 11.8. The van der Waals surface area contributed by atoms with Gasteiger partial charge in [0.25, 0.3) is 0 Å².